The van der Waals surface area contributed by atoms with Gasteiger partial charge in [0.25, 0.3) is 5.91 Å². The van der Waals surface area contributed by atoms with Crippen molar-refractivity contribution in [1.29, 1.82) is 0 Å². The lowest BCUT2D eigenvalue weighted by atomic mass is 10.1. The maximum Gasteiger partial charge on any atom is 0.307 e. The molecule has 5 nitrogen and oxygen atoms in total. The number of hydrogen-bond acceptors (Lipinski definition) is 4. The Morgan fingerprint density at radius 1 is 1.27 bits per heavy atom. The van der Waals surface area contributed by atoms with Crippen molar-refractivity contribution in [3.63, 3.8) is 0 Å². The molecule has 1 aromatic carbocycles. The Morgan fingerprint density at radius 2 is 1.96 bits per heavy atom. The topological polar surface area (TPSA) is 68.5 Å². The number of benzene rings is 1. The SMILES string of the molecule is CC.COc1ccc2c(c1Cl)c(CC(=O)O)c(C)n2C(=O)c1cccs1. The predicted octanol–water partition coefficient (Wildman–Crippen LogP) is 5.02. The summed E-state index contributed by atoms with van der Waals surface area (Å²) < 4.78 is 6.74. The Kier molecular flexibility index (Phi) is 6.45. The first kappa shape index (κ1) is 20.0. The molecule has 7 heteroatoms. The van der Waals surface area contributed by atoms with Crippen LogP contribution in [0.3, 0.4) is 0 Å². The van der Waals surface area contributed by atoms with Crippen molar-refractivity contribution >= 4 is 45.7 Å². The molecule has 2 heterocycles. The summed E-state index contributed by atoms with van der Waals surface area (Å²) in [5.41, 5.74) is 1.67. The third kappa shape index (κ3) is 3.48. The van der Waals surface area contributed by atoms with E-state index in [0.717, 1.165) is 0 Å². The highest BCUT2D eigenvalue weighted by Crippen LogP contribution is 2.38. The summed E-state index contributed by atoms with van der Waals surface area (Å²) in [6.07, 6.45) is -0.222. The van der Waals surface area contributed by atoms with Crippen LogP contribution in [0.25, 0.3) is 10.9 Å². The number of carboxylic acid groups (broad SMARTS) is 1. The van der Waals surface area contributed by atoms with Gasteiger partial charge in [-0.3, -0.25) is 14.2 Å². The lowest BCUT2D eigenvalue weighted by molar-refractivity contribution is -0.136. The van der Waals surface area contributed by atoms with Crippen LogP contribution >= 0.6 is 22.9 Å². The summed E-state index contributed by atoms with van der Waals surface area (Å²) in [6, 6.07) is 6.93. The van der Waals surface area contributed by atoms with E-state index in [2.05, 4.69) is 0 Å². The second-order valence-corrected chi connectivity index (χ2v) is 6.55. The monoisotopic (exact) mass is 393 g/mol. The zero-order valence-corrected chi connectivity index (χ0v) is 16.6. The Morgan fingerprint density at radius 3 is 2.50 bits per heavy atom. The molecule has 0 unspecified atom stereocenters. The fourth-order valence-corrected chi connectivity index (χ4v) is 3.82. The van der Waals surface area contributed by atoms with Crippen LogP contribution in [0.4, 0.5) is 0 Å². The third-order valence-electron chi connectivity index (χ3n) is 3.88. The van der Waals surface area contributed by atoms with Crippen LogP contribution in [0.5, 0.6) is 5.75 Å². The number of hydrogen-bond donors (Lipinski definition) is 1. The minimum Gasteiger partial charge on any atom is -0.495 e. The van der Waals surface area contributed by atoms with Gasteiger partial charge < -0.3 is 9.84 Å². The molecular formula is C19H20ClNO4S. The number of carbonyl (C=O) groups is 2. The predicted molar refractivity (Wildman–Crippen MR) is 105 cm³/mol. The summed E-state index contributed by atoms with van der Waals surface area (Å²) in [6.45, 7) is 5.73. The lowest BCUT2D eigenvalue weighted by Crippen LogP contribution is -2.12. The van der Waals surface area contributed by atoms with Crippen molar-refractivity contribution in [2.24, 2.45) is 0 Å². The molecule has 3 aromatic rings. The number of aromatic nitrogens is 1. The van der Waals surface area contributed by atoms with Gasteiger partial charge in [0, 0.05) is 11.1 Å². The minimum absolute atomic E-state index is 0.203. The first-order valence-electron chi connectivity index (χ1n) is 8.12. The van der Waals surface area contributed by atoms with Crippen LogP contribution in [0.1, 0.15) is 34.8 Å². The van der Waals surface area contributed by atoms with Gasteiger partial charge in [-0.1, -0.05) is 31.5 Å². The second kappa shape index (κ2) is 8.38. The highest BCUT2D eigenvalue weighted by molar-refractivity contribution is 7.12. The maximum atomic E-state index is 12.9. The lowest BCUT2D eigenvalue weighted by Gasteiger charge is -2.07. The van der Waals surface area contributed by atoms with Gasteiger partial charge in [-0.2, -0.15) is 0 Å². The molecule has 0 saturated heterocycles. The molecule has 0 amide bonds. The smallest absolute Gasteiger partial charge is 0.307 e. The van der Waals surface area contributed by atoms with Crippen LogP contribution < -0.4 is 4.74 Å². The third-order valence-corrected chi connectivity index (χ3v) is 5.12. The normalized spacial score (nSPS) is 10.3. The van der Waals surface area contributed by atoms with E-state index in [1.807, 2.05) is 19.2 Å². The molecule has 0 atom stereocenters. The Hall–Kier alpha value is -2.31. The highest BCUT2D eigenvalue weighted by Gasteiger charge is 2.24. The van der Waals surface area contributed by atoms with E-state index in [1.165, 1.54) is 23.0 Å². The molecular weight excluding hydrogens is 374 g/mol. The fourth-order valence-electron chi connectivity index (χ4n) is 2.81. The van der Waals surface area contributed by atoms with Crippen molar-refractivity contribution in [2.75, 3.05) is 7.11 Å². The molecule has 0 radical (unpaired) electrons. The van der Waals surface area contributed by atoms with Crippen molar-refractivity contribution in [1.82, 2.24) is 4.57 Å². The van der Waals surface area contributed by atoms with Crippen molar-refractivity contribution < 1.29 is 19.4 Å². The van der Waals surface area contributed by atoms with E-state index in [1.54, 1.807) is 31.2 Å². The average molecular weight is 394 g/mol. The Balaban J connectivity index is 0.00000117. The van der Waals surface area contributed by atoms with Crippen LogP contribution in [0.2, 0.25) is 5.02 Å². The molecule has 0 saturated carbocycles. The number of methoxy groups -OCH3 is 1. The van der Waals surface area contributed by atoms with Gasteiger partial charge >= 0.3 is 5.97 Å². The molecule has 3 rings (SSSR count). The highest BCUT2D eigenvalue weighted by atomic mass is 35.5. The van der Waals surface area contributed by atoms with Crippen LogP contribution in [0.15, 0.2) is 29.6 Å². The van der Waals surface area contributed by atoms with Gasteiger partial charge in [-0.05, 0) is 36.1 Å². The van der Waals surface area contributed by atoms with E-state index < -0.39 is 5.97 Å². The molecule has 2 aromatic heterocycles. The van der Waals surface area contributed by atoms with E-state index in [0.29, 0.717) is 37.8 Å². The Labute approximate surface area is 160 Å². The summed E-state index contributed by atoms with van der Waals surface area (Å²) in [5.74, 6) is -0.749. The number of ether oxygens (including phenoxy) is 1. The number of nitrogens with zero attached hydrogens (tertiary/aromatic N) is 1. The van der Waals surface area contributed by atoms with Crippen LogP contribution in [-0.2, 0) is 11.2 Å². The molecule has 0 bridgehead atoms. The number of carboxylic acids is 1. The maximum absolute atomic E-state index is 12.9. The van der Waals surface area contributed by atoms with E-state index in [-0.39, 0.29) is 12.3 Å². The number of halogens is 1. The molecule has 0 aliphatic rings. The van der Waals surface area contributed by atoms with Gasteiger partial charge in [0.1, 0.15) is 5.75 Å². The second-order valence-electron chi connectivity index (χ2n) is 5.23. The van der Waals surface area contributed by atoms with Gasteiger partial charge in [0.15, 0.2) is 0 Å². The summed E-state index contributed by atoms with van der Waals surface area (Å²) in [5, 5.41) is 11.9. The molecule has 26 heavy (non-hydrogen) atoms. The van der Waals surface area contributed by atoms with Gasteiger partial charge in [0.05, 0.1) is 28.9 Å². The van der Waals surface area contributed by atoms with Crippen molar-refractivity contribution in [2.45, 2.75) is 27.2 Å². The first-order valence-corrected chi connectivity index (χ1v) is 9.37. The number of aliphatic carboxylic acids is 1. The fraction of sp³-hybridized carbons (Fsp3) is 0.263. The standard InChI is InChI=1S/C17H14ClNO4S.C2H6/c1-9-10(8-14(20)21)15-11(5-6-12(23-2)16(15)18)19(9)17(22)13-4-3-7-24-13;1-2/h3-7H,8H2,1-2H3,(H,20,21);1-2H3. The number of rotatable bonds is 4. The largest absolute Gasteiger partial charge is 0.495 e. The van der Waals surface area contributed by atoms with Gasteiger partial charge in [-0.15, -0.1) is 11.3 Å². The van der Waals surface area contributed by atoms with Crippen molar-refractivity contribution in [3.05, 3.63) is 50.8 Å². The zero-order chi connectivity index (χ0) is 19.4. The molecule has 1 N–H and O–H groups in total. The van der Waals surface area contributed by atoms with Crippen molar-refractivity contribution in [3.8, 4) is 5.75 Å². The molecule has 0 aliphatic carbocycles. The average Bonchev–Trinajstić information content (AvgIpc) is 3.24. The number of fused-ring (bicyclic) bond motifs is 1. The molecule has 0 fully saturated rings. The number of thiophene rings is 1. The summed E-state index contributed by atoms with van der Waals surface area (Å²) in [4.78, 5) is 24.7. The zero-order valence-electron chi connectivity index (χ0n) is 15.0. The van der Waals surface area contributed by atoms with E-state index in [4.69, 9.17) is 16.3 Å². The summed E-state index contributed by atoms with van der Waals surface area (Å²) >= 11 is 7.74. The quantitative estimate of drug-likeness (QED) is 0.676. The van der Waals surface area contributed by atoms with E-state index >= 15 is 0 Å². The van der Waals surface area contributed by atoms with Crippen LogP contribution in [0, 0.1) is 6.92 Å². The van der Waals surface area contributed by atoms with E-state index in [9.17, 15) is 14.7 Å². The van der Waals surface area contributed by atoms with Crippen LogP contribution in [-0.4, -0.2) is 28.7 Å². The molecule has 0 aliphatic heterocycles. The molecule has 0 spiro atoms. The van der Waals surface area contributed by atoms with Gasteiger partial charge in [0.2, 0.25) is 0 Å². The first-order chi connectivity index (χ1) is 12.5. The summed E-state index contributed by atoms with van der Waals surface area (Å²) in [7, 11) is 1.49. The minimum atomic E-state index is -0.986. The number of carbonyl (C=O) groups excluding carboxylic acids is 1. The Bertz CT molecular complexity index is 945. The molecule has 138 valence electrons. The van der Waals surface area contributed by atoms with Gasteiger partial charge in [-0.25, -0.2) is 0 Å².